The monoisotopic (exact) mass is 630 g/mol. The first-order valence-corrected chi connectivity index (χ1v) is 14.3. The predicted octanol–water partition coefficient (Wildman–Crippen LogP) is 5.77. The molecule has 4 heterocycles. The molecule has 1 fully saturated rings. The highest BCUT2D eigenvalue weighted by Crippen LogP contribution is 2.36. The normalized spacial score (nSPS) is 17.9. The minimum absolute atomic E-state index is 0.109. The van der Waals surface area contributed by atoms with Crippen molar-refractivity contribution in [3.05, 3.63) is 65.2 Å². The summed E-state index contributed by atoms with van der Waals surface area (Å²) in [4.78, 5) is 17.6. The molecule has 1 atom stereocenters. The lowest BCUT2D eigenvalue weighted by molar-refractivity contribution is -0.00178. The van der Waals surface area contributed by atoms with Gasteiger partial charge < -0.3 is 15.7 Å². The van der Waals surface area contributed by atoms with Gasteiger partial charge >= 0.3 is 0 Å². The van der Waals surface area contributed by atoms with Crippen molar-refractivity contribution in [2.75, 3.05) is 11.9 Å². The Kier molecular flexibility index (Phi) is 9.06. The van der Waals surface area contributed by atoms with Crippen molar-refractivity contribution in [1.29, 1.82) is 5.26 Å². The van der Waals surface area contributed by atoms with Crippen LogP contribution in [0.2, 0.25) is 0 Å². The highest BCUT2D eigenvalue weighted by atomic mass is 19.3. The second-order valence-electron chi connectivity index (χ2n) is 11.5. The van der Waals surface area contributed by atoms with E-state index in [2.05, 4.69) is 25.8 Å². The first-order valence-electron chi connectivity index (χ1n) is 14.3. The van der Waals surface area contributed by atoms with Crippen LogP contribution in [0, 0.1) is 11.3 Å². The second-order valence-corrected chi connectivity index (χ2v) is 11.5. The summed E-state index contributed by atoms with van der Waals surface area (Å²) in [5.41, 5.74) is -0.383. The number of carbonyl (C=O) groups is 1. The number of nitriles is 1. The van der Waals surface area contributed by atoms with Crippen molar-refractivity contribution >= 4 is 17.1 Å². The Balaban J connectivity index is 1.40. The number of carbonyl (C=O) groups excluding carboxylic acids is 1. The largest absolute Gasteiger partial charge is 0.387 e. The van der Waals surface area contributed by atoms with Crippen molar-refractivity contribution in [3.63, 3.8) is 0 Å². The molecule has 1 aliphatic carbocycles. The summed E-state index contributed by atoms with van der Waals surface area (Å²) in [5.74, 6) is -0.633. The summed E-state index contributed by atoms with van der Waals surface area (Å²) in [6.07, 6.45) is -3.27. The maximum absolute atomic E-state index is 14.4. The van der Waals surface area contributed by atoms with E-state index in [1.807, 2.05) is 6.07 Å². The third-order valence-electron chi connectivity index (χ3n) is 7.88. The van der Waals surface area contributed by atoms with Crippen molar-refractivity contribution in [2.45, 2.75) is 76.2 Å². The lowest BCUT2D eigenvalue weighted by Gasteiger charge is -2.31. The van der Waals surface area contributed by atoms with Gasteiger partial charge in [-0.2, -0.15) is 15.5 Å². The van der Waals surface area contributed by atoms with Crippen LogP contribution in [0.3, 0.4) is 0 Å². The summed E-state index contributed by atoms with van der Waals surface area (Å²) in [5, 5.41) is 33.0. The van der Waals surface area contributed by atoms with Crippen molar-refractivity contribution in [2.24, 2.45) is 0 Å². The third kappa shape index (κ3) is 6.90. The average Bonchev–Trinajstić information content (AvgIpc) is 3.65. The molecule has 0 saturated heterocycles. The number of pyridine rings is 1. The van der Waals surface area contributed by atoms with Crippen LogP contribution >= 0.6 is 0 Å². The quantitative estimate of drug-likeness (QED) is 0.189. The molecule has 238 valence electrons. The molecule has 0 spiro atoms. The maximum Gasteiger partial charge on any atom is 0.282 e. The van der Waals surface area contributed by atoms with Gasteiger partial charge in [-0.25, -0.2) is 26.5 Å². The van der Waals surface area contributed by atoms with Gasteiger partial charge in [-0.05, 0) is 69.9 Å². The molecular formula is C30H31F5N8O2. The zero-order chi connectivity index (χ0) is 32.5. The van der Waals surface area contributed by atoms with Crippen LogP contribution in [0.5, 0.6) is 0 Å². The number of nitrogens with one attached hydrogen (secondary N) is 2. The number of aromatic nitrogens is 5. The van der Waals surface area contributed by atoms with Crippen LogP contribution in [0.15, 0.2) is 42.7 Å². The van der Waals surface area contributed by atoms with E-state index in [0.717, 1.165) is 10.7 Å². The highest BCUT2D eigenvalue weighted by Gasteiger charge is 2.31. The average molecular weight is 631 g/mol. The van der Waals surface area contributed by atoms with Crippen LogP contribution in [0.4, 0.5) is 27.6 Å². The van der Waals surface area contributed by atoms with Crippen LogP contribution in [0.1, 0.15) is 85.7 Å². The second kappa shape index (κ2) is 12.8. The van der Waals surface area contributed by atoms with Gasteiger partial charge in [0.05, 0.1) is 58.1 Å². The number of hydrogen-bond donors (Lipinski definition) is 3. The Morgan fingerprint density at radius 1 is 1.09 bits per heavy atom. The Labute approximate surface area is 254 Å². The first-order chi connectivity index (χ1) is 21.3. The van der Waals surface area contributed by atoms with Gasteiger partial charge in [-0.15, -0.1) is 0 Å². The van der Waals surface area contributed by atoms with E-state index in [1.165, 1.54) is 26.2 Å². The molecule has 10 nitrogen and oxygen atoms in total. The highest BCUT2D eigenvalue weighted by molar-refractivity contribution is 6.00. The summed E-state index contributed by atoms with van der Waals surface area (Å²) >= 11 is 0. The van der Waals surface area contributed by atoms with Gasteiger partial charge in [0.15, 0.2) is 0 Å². The van der Waals surface area contributed by atoms with Gasteiger partial charge in [0, 0.05) is 12.2 Å². The number of rotatable bonds is 10. The van der Waals surface area contributed by atoms with Gasteiger partial charge in [0.25, 0.3) is 18.8 Å². The molecule has 1 saturated carbocycles. The molecule has 3 N–H and O–H groups in total. The zero-order valence-corrected chi connectivity index (χ0v) is 24.4. The number of alkyl halides is 5. The summed E-state index contributed by atoms with van der Waals surface area (Å²) < 4.78 is 70.5. The van der Waals surface area contributed by atoms with E-state index in [0.29, 0.717) is 53.8 Å². The standard InChI is InChI=1S/C30H31F5N8O2/c1-30(2,45)26(31)15-38-29(44)20-14-37-22(24-8-7-19-9-16(12-36)13-39-42(19)24)10-21(20)40-17-3-5-18(6-4-17)43-25(28(34)35)11-23(41-43)27(32)33/h7-11,13-14,17-18,26-28,45H,3-6,15H2,1-2H3,(H,37,40)(H,38,44). The van der Waals surface area contributed by atoms with E-state index in [4.69, 9.17) is 0 Å². The van der Waals surface area contributed by atoms with Crippen molar-refractivity contribution < 1.29 is 31.9 Å². The van der Waals surface area contributed by atoms with Crippen molar-refractivity contribution in [1.82, 2.24) is 29.7 Å². The van der Waals surface area contributed by atoms with Crippen LogP contribution in [-0.2, 0) is 0 Å². The first kappa shape index (κ1) is 31.8. The number of nitrogens with zero attached hydrogens (tertiary/aromatic N) is 6. The number of anilines is 1. The fraction of sp³-hybridized carbons (Fsp3) is 0.433. The maximum atomic E-state index is 14.4. The number of aliphatic hydroxyl groups is 1. The molecule has 4 aromatic rings. The third-order valence-corrected chi connectivity index (χ3v) is 7.88. The molecule has 15 heteroatoms. The van der Waals surface area contributed by atoms with Gasteiger partial charge in [-0.1, -0.05) is 0 Å². The molecule has 0 bridgehead atoms. The molecule has 45 heavy (non-hydrogen) atoms. The Morgan fingerprint density at radius 2 is 1.82 bits per heavy atom. The summed E-state index contributed by atoms with van der Waals surface area (Å²) in [6, 6.07) is 8.87. The fourth-order valence-corrected chi connectivity index (χ4v) is 5.35. The van der Waals surface area contributed by atoms with Gasteiger partial charge in [-0.3, -0.25) is 14.5 Å². The fourth-order valence-electron chi connectivity index (χ4n) is 5.35. The van der Waals surface area contributed by atoms with Crippen molar-refractivity contribution in [3.8, 4) is 17.5 Å². The molecule has 0 aliphatic heterocycles. The lowest BCUT2D eigenvalue weighted by Crippen LogP contribution is -2.42. The topological polar surface area (TPSA) is 133 Å². The molecular weight excluding hydrogens is 599 g/mol. The molecule has 4 aromatic heterocycles. The SMILES string of the molecule is CC(C)(O)C(F)CNC(=O)c1cnc(-c2ccc3cc(C#N)cnn23)cc1NC1CCC(n2nc(C(F)F)cc2C(F)F)CC1. The Morgan fingerprint density at radius 3 is 2.47 bits per heavy atom. The number of fused-ring (bicyclic) bond motifs is 1. The molecule has 1 amide bonds. The van der Waals surface area contributed by atoms with E-state index in [-0.39, 0.29) is 11.6 Å². The van der Waals surface area contributed by atoms with Crippen LogP contribution < -0.4 is 10.6 Å². The molecule has 0 radical (unpaired) electrons. The smallest absolute Gasteiger partial charge is 0.282 e. The van der Waals surface area contributed by atoms with Crippen LogP contribution in [-0.4, -0.2) is 59.8 Å². The Bertz CT molecular complexity index is 1720. The predicted molar refractivity (Wildman–Crippen MR) is 154 cm³/mol. The van der Waals surface area contributed by atoms with Gasteiger partial charge in [0.1, 0.15) is 23.6 Å². The lowest BCUT2D eigenvalue weighted by atomic mass is 9.90. The number of halogens is 5. The van der Waals surface area contributed by atoms with E-state index in [1.54, 1.807) is 28.8 Å². The van der Waals surface area contributed by atoms with E-state index in [9.17, 15) is 37.1 Å². The van der Waals surface area contributed by atoms with Crippen LogP contribution in [0.25, 0.3) is 16.9 Å². The number of amides is 1. The summed E-state index contributed by atoms with van der Waals surface area (Å²) in [6.45, 7) is 2.14. The minimum Gasteiger partial charge on any atom is -0.387 e. The molecule has 1 unspecified atom stereocenters. The van der Waals surface area contributed by atoms with E-state index < -0.39 is 54.5 Å². The summed E-state index contributed by atoms with van der Waals surface area (Å²) in [7, 11) is 0. The zero-order valence-electron chi connectivity index (χ0n) is 24.4. The molecule has 0 aromatic carbocycles. The molecule has 1 aliphatic rings. The van der Waals surface area contributed by atoms with E-state index >= 15 is 0 Å². The Hall–Kier alpha value is -4.58. The molecule has 5 rings (SSSR count). The number of hydrogen-bond acceptors (Lipinski definition) is 7. The van der Waals surface area contributed by atoms with Gasteiger partial charge in [0.2, 0.25) is 0 Å². The minimum atomic E-state index is -2.97.